The molecule has 28 heavy (non-hydrogen) atoms. The molecule has 1 fully saturated rings. The smallest absolute Gasteiger partial charge is 0.254 e. The summed E-state index contributed by atoms with van der Waals surface area (Å²) < 4.78 is 5.21. The Hall–Kier alpha value is -3.35. The zero-order valence-electron chi connectivity index (χ0n) is 15.8. The van der Waals surface area contributed by atoms with Crippen LogP contribution in [-0.4, -0.2) is 42.1 Å². The second-order valence-corrected chi connectivity index (χ2v) is 6.85. The highest BCUT2D eigenvalue weighted by Crippen LogP contribution is 2.19. The molecule has 7 heteroatoms. The molecule has 1 aliphatic rings. The summed E-state index contributed by atoms with van der Waals surface area (Å²) >= 11 is 0. The summed E-state index contributed by atoms with van der Waals surface area (Å²) in [5, 5.41) is 2.80. The van der Waals surface area contributed by atoms with Gasteiger partial charge in [-0.2, -0.15) is 0 Å². The number of carbonyl (C=O) groups is 1. The SMILES string of the molecule is Cc1cccc(N2CCN(c3ncc(C(=O)NCc4ccco4)cn3)CC2)c1. The Bertz CT molecular complexity index is 916. The molecular formula is C21H23N5O2. The number of hydrogen-bond donors (Lipinski definition) is 1. The molecule has 2 aromatic heterocycles. The van der Waals surface area contributed by atoms with E-state index in [1.54, 1.807) is 24.7 Å². The predicted molar refractivity (Wildman–Crippen MR) is 108 cm³/mol. The van der Waals surface area contributed by atoms with Gasteiger partial charge in [-0.3, -0.25) is 4.79 Å². The van der Waals surface area contributed by atoms with Gasteiger partial charge in [0.05, 0.1) is 18.4 Å². The number of aryl methyl sites for hydroxylation is 1. The fraction of sp³-hybridized carbons (Fsp3) is 0.286. The molecule has 0 aliphatic carbocycles. The number of carbonyl (C=O) groups excluding carboxylic acids is 1. The van der Waals surface area contributed by atoms with Crippen LogP contribution in [0.2, 0.25) is 0 Å². The average molecular weight is 377 g/mol. The van der Waals surface area contributed by atoms with Crippen LogP contribution in [0.1, 0.15) is 21.7 Å². The molecular weight excluding hydrogens is 354 g/mol. The fourth-order valence-electron chi connectivity index (χ4n) is 3.27. The normalized spacial score (nSPS) is 14.2. The third kappa shape index (κ3) is 4.14. The zero-order chi connectivity index (χ0) is 19.3. The lowest BCUT2D eigenvalue weighted by molar-refractivity contribution is 0.0947. The molecule has 0 bridgehead atoms. The summed E-state index contributed by atoms with van der Waals surface area (Å²) in [4.78, 5) is 25.5. The summed E-state index contributed by atoms with van der Waals surface area (Å²) in [5.74, 6) is 1.15. The van der Waals surface area contributed by atoms with Crippen molar-refractivity contribution < 1.29 is 9.21 Å². The lowest BCUT2D eigenvalue weighted by Crippen LogP contribution is -2.47. The summed E-state index contributed by atoms with van der Waals surface area (Å²) in [5.41, 5.74) is 2.96. The van der Waals surface area contributed by atoms with Crippen molar-refractivity contribution in [1.82, 2.24) is 15.3 Å². The molecule has 4 rings (SSSR count). The van der Waals surface area contributed by atoms with E-state index in [4.69, 9.17) is 4.42 Å². The predicted octanol–water partition coefficient (Wildman–Crippen LogP) is 2.63. The molecule has 0 spiro atoms. The molecule has 0 atom stereocenters. The first-order chi connectivity index (χ1) is 13.7. The van der Waals surface area contributed by atoms with Gasteiger partial charge in [0, 0.05) is 44.3 Å². The van der Waals surface area contributed by atoms with E-state index in [0.29, 0.717) is 23.8 Å². The Morgan fingerprint density at radius 3 is 2.50 bits per heavy atom. The molecule has 1 amide bonds. The van der Waals surface area contributed by atoms with E-state index in [9.17, 15) is 4.79 Å². The summed E-state index contributed by atoms with van der Waals surface area (Å²) in [6.07, 6.45) is 4.73. The van der Waals surface area contributed by atoms with Gasteiger partial charge in [-0.05, 0) is 36.8 Å². The Balaban J connectivity index is 1.32. The second-order valence-electron chi connectivity index (χ2n) is 6.85. The molecule has 0 radical (unpaired) electrons. The van der Waals surface area contributed by atoms with Crippen molar-refractivity contribution in [1.29, 1.82) is 0 Å². The van der Waals surface area contributed by atoms with Gasteiger partial charge in [0.1, 0.15) is 5.76 Å². The van der Waals surface area contributed by atoms with E-state index in [1.807, 2.05) is 6.07 Å². The van der Waals surface area contributed by atoms with Gasteiger partial charge < -0.3 is 19.5 Å². The van der Waals surface area contributed by atoms with Gasteiger partial charge >= 0.3 is 0 Å². The van der Waals surface area contributed by atoms with Crippen molar-refractivity contribution in [3.05, 3.63) is 71.9 Å². The minimum Gasteiger partial charge on any atom is -0.467 e. The molecule has 7 nitrogen and oxygen atoms in total. The molecule has 0 unspecified atom stereocenters. The van der Waals surface area contributed by atoms with Crippen LogP contribution in [0.25, 0.3) is 0 Å². The standard InChI is InChI=1S/C21H23N5O2/c1-16-4-2-5-18(12-16)25-7-9-26(10-8-25)21-23-13-17(14-24-21)20(27)22-15-19-6-3-11-28-19/h2-6,11-14H,7-10,15H2,1H3,(H,22,27). The third-order valence-electron chi connectivity index (χ3n) is 4.83. The average Bonchev–Trinajstić information content (AvgIpc) is 3.26. The van der Waals surface area contributed by atoms with Crippen molar-refractivity contribution >= 4 is 17.5 Å². The first kappa shape index (κ1) is 18.0. The monoisotopic (exact) mass is 377 g/mol. The number of piperazine rings is 1. The minimum absolute atomic E-state index is 0.216. The molecule has 1 N–H and O–H groups in total. The molecule has 1 aliphatic heterocycles. The van der Waals surface area contributed by atoms with Crippen LogP contribution >= 0.6 is 0 Å². The minimum atomic E-state index is -0.216. The number of hydrogen-bond acceptors (Lipinski definition) is 6. The highest BCUT2D eigenvalue weighted by molar-refractivity contribution is 5.93. The molecule has 1 aromatic carbocycles. The summed E-state index contributed by atoms with van der Waals surface area (Å²) in [6.45, 7) is 5.97. The maximum absolute atomic E-state index is 12.2. The van der Waals surface area contributed by atoms with E-state index in [0.717, 1.165) is 26.2 Å². The van der Waals surface area contributed by atoms with Crippen LogP contribution in [0, 0.1) is 6.92 Å². The maximum atomic E-state index is 12.2. The maximum Gasteiger partial charge on any atom is 0.254 e. The van der Waals surface area contributed by atoms with Crippen molar-refractivity contribution in [2.75, 3.05) is 36.0 Å². The number of nitrogens with zero attached hydrogens (tertiary/aromatic N) is 4. The number of rotatable bonds is 5. The highest BCUT2D eigenvalue weighted by atomic mass is 16.3. The van der Waals surface area contributed by atoms with Crippen LogP contribution < -0.4 is 15.1 Å². The van der Waals surface area contributed by atoms with Gasteiger partial charge in [-0.25, -0.2) is 9.97 Å². The van der Waals surface area contributed by atoms with E-state index in [2.05, 4.69) is 56.3 Å². The van der Waals surface area contributed by atoms with Gasteiger partial charge in [0.15, 0.2) is 0 Å². The molecule has 144 valence electrons. The van der Waals surface area contributed by atoms with Crippen LogP contribution in [0.4, 0.5) is 11.6 Å². The van der Waals surface area contributed by atoms with E-state index < -0.39 is 0 Å². The summed E-state index contributed by atoms with van der Waals surface area (Å²) in [6, 6.07) is 12.2. The number of nitrogens with one attached hydrogen (secondary N) is 1. The lowest BCUT2D eigenvalue weighted by atomic mass is 10.2. The zero-order valence-corrected chi connectivity index (χ0v) is 15.8. The third-order valence-corrected chi connectivity index (χ3v) is 4.83. The number of anilines is 2. The number of amides is 1. The highest BCUT2D eigenvalue weighted by Gasteiger charge is 2.19. The molecule has 0 saturated carbocycles. The Labute approximate surface area is 164 Å². The number of benzene rings is 1. The van der Waals surface area contributed by atoms with E-state index >= 15 is 0 Å². The van der Waals surface area contributed by atoms with Crippen molar-refractivity contribution in [2.45, 2.75) is 13.5 Å². The van der Waals surface area contributed by atoms with Gasteiger partial charge in [0.25, 0.3) is 5.91 Å². The largest absolute Gasteiger partial charge is 0.467 e. The molecule has 3 heterocycles. The quantitative estimate of drug-likeness (QED) is 0.737. The van der Waals surface area contributed by atoms with Crippen LogP contribution in [0.15, 0.2) is 59.5 Å². The fourth-order valence-corrected chi connectivity index (χ4v) is 3.27. The lowest BCUT2D eigenvalue weighted by Gasteiger charge is -2.36. The van der Waals surface area contributed by atoms with Gasteiger partial charge in [-0.1, -0.05) is 12.1 Å². The Morgan fingerprint density at radius 2 is 1.82 bits per heavy atom. The Morgan fingerprint density at radius 1 is 1.07 bits per heavy atom. The van der Waals surface area contributed by atoms with E-state index in [-0.39, 0.29) is 5.91 Å². The van der Waals surface area contributed by atoms with Gasteiger partial charge in [-0.15, -0.1) is 0 Å². The summed E-state index contributed by atoms with van der Waals surface area (Å²) in [7, 11) is 0. The van der Waals surface area contributed by atoms with Crippen molar-refractivity contribution in [3.8, 4) is 0 Å². The molecule has 1 saturated heterocycles. The van der Waals surface area contributed by atoms with Crippen LogP contribution in [-0.2, 0) is 6.54 Å². The Kier molecular flexibility index (Phi) is 5.23. The first-order valence-corrected chi connectivity index (χ1v) is 9.38. The van der Waals surface area contributed by atoms with Crippen LogP contribution in [0.3, 0.4) is 0 Å². The molecule has 3 aromatic rings. The van der Waals surface area contributed by atoms with Crippen molar-refractivity contribution in [2.24, 2.45) is 0 Å². The number of furan rings is 1. The topological polar surface area (TPSA) is 74.5 Å². The van der Waals surface area contributed by atoms with E-state index in [1.165, 1.54) is 11.3 Å². The van der Waals surface area contributed by atoms with Crippen LogP contribution in [0.5, 0.6) is 0 Å². The number of aromatic nitrogens is 2. The second kappa shape index (κ2) is 8.12. The van der Waals surface area contributed by atoms with Crippen molar-refractivity contribution in [3.63, 3.8) is 0 Å². The first-order valence-electron chi connectivity index (χ1n) is 9.38. The van der Waals surface area contributed by atoms with Gasteiger partial charge in [0.2, 0.25) is 5.95 Å².